The van der Waals surface area contributed by atoms with Gasteiger partial charge in [-0.15, -0.1) is 0 Å². The van der Waals surface area contributed by atoms with Crippen LogP contribution in [0.15, 0.2) is 0 Å². The Hall–Kier alpha value is -0.730. The van der Waals surface area contributed by atoms with Gasteiger partial charge in [-0.3, -0.25) is 0 Å². The Balaban J connectivity index is 3.11. The van der Waals surface area contributed by atoms with E-state index in [2.05, 4.69) is 6.92 Å². The lowest BCUT2D eigenvalue weighted by atomic mass is 10.1. The van der Waals surface area contributed by atoms with Crippen LogP contribution < -0.4 is 0 Å². The lowest BCUT2D eigenvalue weighted by Crippen LogP contribution is -2.25. The Morgan fingerprint density at radius 2 is 1.69 bits per heavy atom. The molecule has 0 saturated carbocycles. The fraction of sp³-hybridized carbons (Fsp3) is 0.900. The van der Waals surface area contributed by atoms with Gasteiger partial charge in [0.1, 0.15) is 0 Å². The Kier molecular flexibility index (Phi) is 7.45. The third-order valence-corrected chi connectivity index (χ3v) is 2.17. The van der Waals surface area contributed by atoms with Gasteiger partial charge in [0.25, 0.3) is 0 Å². The van der Waals surface area contributed by atoms with Crippen molar-refractivity contribution in [2.45, 2.75) is 45.4 Å². The maximum absolute atomic E-state index is 10.4. The summed E-state index contributed by atoms with van der Waals surface area (Å²) in [6, 6.07) is 0. The van der Waals surface area contributed by atoms with E-state index in [-0.39, 0.29) is 0 Å². The molecule has 0 heterocycles. The lowest BCUT2D eigenvalue weighted by molar-refractivity contribution is 0.155. The monoisotopic (exact) mass is 187 g/mol. The summed E-state index contributed by atoms with van der Waals surface area (Å²) in [5.41, 5.74) is 0. The molecule has 0 aromatic heterocycles. The van der Waals surface area contributed by atoms with Crippen LogP contribution in [0.5, 0.6) is 0 Å². The normalized spacial score (nSPS) is 10.0. The zero-order chi connectivity index (χ0) is 10.1. The smallest absolute Gasteiger partial charge is 0.407 e. The standard InChI is InChI=1S/C10H21NO2/c1-3-4-5-6-7-8-9-11(2)10(12)13/h3-9H2,1-2H3,(H,12,13). The van der Waals surface area contributed by atoms with Crippen LogP contribution in [0.3, 0.4) is 0 Å². The second-order valence-electron chi connectivity index (χ2n) is 3.47. The summed E-state index contributed by atoms with van der Waals surface area (Å²) in [6.45, 7) is 2.86. The Bertz CT molecular complexity index is 137. The van der Waals surface area contributed by atoms with E-state index in [4.69, 9.17) is 5.11 Å². The molecule has 0 unspecified atom stereocenters. The molecule has 0 atom stereocenters. The van der Waals surface area contributed by atoms with Crippen LogP contribution in [-0.2, 0) is 0 Å². The summed E-state index contributed by atoms with van der Waals surface area (Å²) in [5.74, 6) is 0. The molecule has 13 heavy (non-hydrogen) atoms. The molecule has 0 aromatic carbocycles. The van der Waals surface area contributed by atoms with Crippen molar-refractivity contribution in [2.24, 2.45) is 0 Å². The van der Waals surface area contributed by atoms with Gasteiger partial charge in [-0.25, -0.2) is 4.79 Å². The van der Waals surface area contributed by atoms with Crippen molar-refractivity contribution in [3.05, 3.63) is 0 Å². The summed E-state index contributed by atoms with van der Waals surface area (Å²) in [5, 5.41) is 8.55. The van der Waals surface area contributed by atoms with E-state index in [9.17, 15) is 4.79 Å². The molecule has 0 fully saturated rings. The highest BCUT2D eigenvalue weighted by Gasteiger charge is 2.02. The molecule has 0 bridgehead atoms. The summed E-state index contributed by atoms with van der Waals surface area (Å²) < 4.78 is 0. The van der Waals surface area contributed by atoms with E-state index in [0.29, 0.717) is 6.54 Å². The van der Waals surface area contributed by atoms with Crippen molar-refractivity contribution < 1.29 is 9.90 Å². The number of amides is 1. The molecular formula is C10H21NO2. The highest BCUT2D eigenvalue weighted by Crippen LogP contribution is 2.05. The SMILES string of the molecule is CCCCCCCCN(C)C(=O)O. The van der Waals surface area contributed by atoms with Crippen LogP contribution in [-0.4, -0.2) is 29.7 Å². The van der Waals surface area contributed by atoms with Crippen LogP contribution in [0, 0.1) is 0 Å². The molecule has 0 aliphatic rings. The van der Waals surface area contributed by atoms with E-state index < -0.39 is 6.09 Å². The minimum absolute atomic E-state index is 0.668. The van der Waals surface area contributed by atoms with Crippen molar-refractivity contribution in [1.29, 1.82) is 0 Å². The van der Waals surface area contributed by atoms with Gasteiger partial charge >= 0.3 is 6.09 Å². The predicted octanol–water partition coefficient (Wildman–Crippen LogP) is 2.96. The quantitative estimate of drug-likeness (QED) is 0.622. The Morgan fingerprint density at radius 1 is 1.15 bits per heavy atom. The van der Waals surface area contributed by atoms with Crippen LogP contribution in [0.1, 0.15) is 45.4 Å². The van der Waals surface area contributed by atoms with Crippen LogP contribution >= 0.6 is 0 Å². The zero-order valence-corrected chi connectivity index (χ0v) is 8.75. The molecule has 0 saturated heterocycles. The van der Waals surface area contributed by atoms with Gasteiger partial charge in [-0.05, 0) is 6.42 Å². The van der Waals surface area contributed by atoms with Crippen LogP contribution in [0.25, 0.3) is 0 Å². The molecule has 0 aliphatic carbocycles. The van der Waals surface area contributed by atoms with Gasteiger partial charge in [0, 0.05) is 13.6 Å². The third-order valence-electron chi connectivity index (χ3n) is 2.17. The van der Waals surface area contributed by atoms with Crippen LogP contribution in [0.4, 0.5) is 4.79 Å². The third kappa shape index (κ3) is 7.62. The number of carboxylic acid groups (broad SMARTS) is 1. The van der Waals surface area contributed by atoms with Gasteiger partial charge in [0.05, 0.1) is 0 Å². The molecule has 78 valence electrons. The van der Waals surface area contributed by atoms with Crippen molar-refractivity contribution >= 4 is 6.09 Å². The first-order chi connectivity index (χ1) is 6.18. The number of carbonyl (C=O) groups is 1. The summed E-state index contributed by atoms with van der Waals surface area (Å²) in [4.78, 5) is 11.7. The predicted molar refractivity (Wildman–Crippen MR) is 54.0 cm³/mol. The average molecular weight is 187 g/mol. The molecule has 0 aliphatic heterocycles. The lowest BCUT2D eigenvalue weighted by Gasteiger charge is -2.11. The van der Waals surface area contributed by atoms with Gasteiger partial charge < -0.3 is 10.0 Å². The topological polar surface area (TPSA) is 40.5 Å². The first-order valence-corrected chi connectivity index (χ1v) is 5.12. The largest absolute Gasteiger partial charge is 0.465 e. The average Bonchev–Trinajstić information content (AvgIpc) is 2.10. The van der Waals surface area contributed by atoms with Crippen molar-refractivity contribution in [3.8, 4) is 0 Å². The van der Waals surface area contributed by atoms with Gasteiger partial charge in [-0.1, -0.05) is 39.0 Å². The number of rotatable bonds is 7. The first kappa shape index (κ1) is 12.3. The number of hydrogen-bond acceptors (Lipinski definition) is 1. The maximum atomic E-state index is 10.4. The molecule has 3 heteroatoms. The van der Waals surface area contributed by atoms with E-state index in [1.165, 1.54) is 30.6 Å². The second kappa shape index (κ2) is 7.90. The van der Waals surface area contributed by atoms with E-state index in [1.54, 1.807) is 7.05 Å². The van der Waals surface area contributed by atoms with Gasteiger partial charge in [-0.2, -0.15) is 0 Å². The van der Waals surface area contributed by atoms with Crippen molar-refractivity contribution in [1.82, 2.24) is 4.90 Å². The molecule has 3 nitrogen and oxygen atoms in total. The molecule has 1 amide bonds. The number of nitrogens with zero attached hydrogens (tertiary/aromatic N) is 1. The van der Waals surface area contributed by atoms with E-state index in [1.807, 2.05) is 0 Å². The fourth-order valence-electron chi connectivity index (χ4n) is 1.22. The minimum atomic E-state index is -0.825. The highest BCUT2D eigenvalue weighted by atomic mass is 16.4. The van der Waals surface area contributed by atoms with E-state index >= 15 is 0 Å². The summed E-state index contributed by atoms with van der Waals surface area (Å²) in [7, 11) is 1.62. The first-order valence-electron chi connectivity index (χ1n) is 5.12. The van der Waals surface area contributed by atoms with Crippen LogP contribution in [0.2, 0.25) is 0 Å². The number of hydrogen-bond donors (Lipinski definition) is 1. The van der Waals surface area contributed by atoms with Gasteiger partial charge in [0.15, 0.2) is 0 Å². The van der Waals surface area contributed by atoms with Crippen molar-refractivity contribution in [3.63, 3.8) is 0 Å². The molecule has 0 radical (unpaired) electrons. The highest BCUT2D eigenvalue weighted by molar-refractivity contribution is 5.64. The fourth-order valence-corrected chi connectivity index (χ4v) is 1.22. The summed E-state index contributed by atoms with van der Waals surface area (Å²) >= 11 is 0. The van der Waals surface area contributed by atoms with Crippen molar-refractivity contribution in [2.75, 3.05) is 13.6 Å². The second-order valence-corrected chi connectivity index (χ2v) is 3.47. The molecule has 1 N–H and O–H groups in total. The Labute approximate surface area is 80.7 Å². The Morgan fingerprint density at radius 3 is 2.23 bits per heavy atom. The van der Waals surface area contributed by atoms with Gasteiger partial charge in [0.2, 0.25) is 0 Å². The summed E-state index contributed by atoms with van der Waals surface area (Å²) in [6.07, 6.45) is 6.40. The molecule has 0 aromatic rings. The minimum Gasteiger partial charge on any atom is -0.465 e. The number of unbranched alkanes of at least 4 members (excludes halogenated alkanes) is 5. The molecule has 0 spiro atoms. The molecule has 0 rings (SSSR count). The molecular weight excluding hydrogens is 166 g/mol. The zero-order valence-electron chi connectivity index (χ0n) is 8.75. The van der Waals surface area contributed by atoms with E-state index in [0.717, 1.165) is 12.8 Å². The maximum Gasteiger partial charge on any atom is 0.407 e.